The Bertz CT molecular complexity index is 651. The minimum absolute atomic E-state index is 0.175. The van der Waals surface area contributed by atoms with Crippen molar-refractivity contribution in [2.24, 2.45) is 0 Å². The van der Waals surface area contributed by atoms with Crippen molar-refractivity contribution in [2.45, 2.75) is 31.7 Å². The SMILES string of the molecule is Cc1cc(Br)c(NC2CC(c3ccc(F)cc3)C2)cc1Cl. The molecule has 0 heterocycles. The van der Waals surface area contributed by atoms with Gasteiger partial charge in [0.25, 0.3) is 0 Å². The molecule has 0 saturated heterocycles. The minimum Gasteiger partial charge on any atom is -0.381 e. The highest BCUT2D eigenvalue weighted by molar-refractivity contribution is 9.10. The van der Waals surface area contributed by atoms with Crippen LogP contribution in [-0.2, 0) is 0 Å². The molecular weight excluding hydrogens is 353 g/mol. The summed E-state index contributed by atoms with van der Waals surface area (Å²) in [6, 6.07) is 11.3. The second kappa shape index (κ2) is 5.98. The van der Waals surface area contributed by atoms with E-state index in [0.717, 1.165) is 33.6 Å². The number of hydrogen-bond donors (Lipinski definition) is 1. The van der Waals surface area contributed by atoms with Crippen molar-refractivity contribution in [3.8, 4) is 0 Å². The molecule has 110 valence electrons. The van der Waals surface area contributed by atoms with Crippen LogP contribution in [0.4, 0.5) is 10.1 Å². The highest BCUT2D eigenvalue weighted by atomic mass is 79.9. The molecule has 0 atom stereocenters. The largest absolute Gasteiger partial charge is 0.381 e. The highest BCUT2D eigenvalue weighted by Gasteiger charge is 2.30. The van der Waals surface area contributed by atoms with Crippen LogP contribution >= 0.6 is 27.5 Å². The number of benzene rings is 2. The predicted molar refractivity (Wildman–Crippen MR) is 89.7 cm³/mol. The smallest absolute Gasteiger partial charge is 0.123 e. The number of aryl methyl sites for hydroxylation is 1. The van der Waals surface area contributed by atoms with Gasteiger partial charge in [0, 0.05) is 15.5 Å². The Morgan fingerprint density at radius 1 is 1.19 bits per heavy atom. The molecule has 21 heavy (non-hydrogen) atoms. The Morgan fingerprint density at radius 2 is 1.86 bits per heavy atom. The van der Waals surface area contributed by atoms with Crippen molar-refractivity contribution in [1.29, 1.82) is 0 Å². The van der Waals surface area contributed by atoms with Crippen LogP contribution in [0.1, 0.15) is 29.9 Å². The lowest BCUT2D eigenvalue weighted by atomic mass is 9.76. The van der Waals surface area contributed by atoms with E-state index in [0.29, 0.717) is 12.0 Å². The normalized spacial score (nSPS) is 21.0. The zero-order chi connectivity index (χ0) is 15.0. The average molecular weight is 369 g/mol. The quantitative estimate of drug-likeness (QED) is 0.710. The molecule has 1 saturated carbocycles. The molecule has 2 aromatic carbocycles. The summed E-state index contributed by atoms with van der Waals surface area (Å²) in [5, 5.41) is 4.29. The third kappa shape index (κ3) is 3.24. The van der Waals surface area contributed by atoms with E-state index >= 15 is 0 Å². The van der Waals surface area contributed by atoms with Crippen LogP contribution in [0.3, 0.4) is 0 Å². The van der Waals surface area contributed by atoms with Gasteiger partial charge in [-0.3, -0.25) is 0 Å². The van der Waals surface area contributed by atoms with Gasteiger partial charge in [0.1, 0.15) is 5.82 Å². The number of anilines is 1. The van der Waals surface area contributed by atoms with E-state index in [1.165, 1.54) is 17.7 Å². The van der Waals surface area contributed by atoms with Gasteiger partial charge in [-0.1, -0.05) is 23.7 Å². The van der Waals surface area contributed by atoms with Gasteiger partial charge in [-0.15, -0.1) is 0 Å². The molecule has 1 aliphatic carbocycles. The van der Waals surface area contributed by atoms with Gasteiger partial charge in [-0.25, -0.2) is 4.39 Å². The first-order valence-electron chi connectivity index (χ1n) is 7.00. The van der Waals surface area contributed by atoms with E-state index in [4.69, 9.17) is 11.6 Å². The topological polar surface area (TPSA) is 12.0 Å². The molecule has 1 fully saturated rings. The number of nitrogens with one attached hydrogen (secondary N) is 1. The Morgan fingerprint density at radius 3 is 2.52 bits per heavy atom. The summed E-state index contributed by atoms with van der Waals surface area (Å²) in [5.41, 5.74) is 3.32. The highest BCUT2D eigenvalue weighted by Crippen LogP contribution is 2.40. The summed E-state index contributed by atoms with van der Waals surface area (Å²) >= 11 is 9.74. The molecule has 1 nitrogen and oxygen atoms in total. The lowest BCUT2D eigenvalue weighted by Crippen LogP contribution is -2.34. The fraction of sp³-hybridized carbons (Fsp3) is 0.294. The van der Waals surface area contributed by atoms with E-state index in [1.54, 1.807) is 0 Å². The molecular formula is C17H16BrClFN. The van der Waals surface area contributed by atoms with Gasteiger partial charge in [-0.2, -0.15) is 0 Å². The van der Waals surface area contributed by atoms with Crippen LogP contribution in [0.5, 0.6) is 0 Å². The fourth-order valence-electron chi connectivity index (χ4n) is 2.72. The maximum Gasteiger partial charge on any atom is 0.123 e. The van der Waals surface area contributed by atoms with E-state index in [1.807, 2.05) is 31.2 Å². The monoisotopic (exact) mass is 367 g/mol. The predicted octanol–water partition coefficient (Wildman–Crippen LogP) is 5.91. The van der Waals surface area contributed by atoms with Crippen LogP contribution in [-0.4, -0.2) is 6.04 Å². The fourth-order valence-corrected chi connectivity index (χ4v) is 3.46. The standard InChI is InChI=1S/C17H16BrClFN/c1-10-6-15(18)17(9-16(10)19)21-14-7-12(8-14)11-2-4-13(20)5-3-11/h2-6,9,12,14,21H,7-8H2,1H3. The maximum absolute atomic E-state index is 12.9. The van der Waals surface area contributed by atoms with E-state index in [9.17, 15) is 4.39 Å². The van der Waals surface area contributed by atoms with Crippen molar-refractivity contribution in [2.75, 3.05) is 5.32 Å². The first-order valence-corrected chi connectivity index (χ1v) is 8.17. The van der Waals surface area contributed by atoms with Crippen molar-refractivity contribution < 1.29 is 4.39 Å². The Labute approximate surface area is 137 Å². The molecule has 0 radical (unpaired) electrons. The maximum atomic E-state index is 12.9. The minimum atomic E-state index is -0.175. The molecule has 1 aliphatic rings. The van der Waals surface area contributed by atoms with Crippen molar-refractivity contribution >= 4 is 33.2 Å². The molecule has 0 amide bonds. The lowest BCUT2D eigenvalue weighted by Gasteiger charge is -2.37. The van der Waals surface area contributed by atoms with Gasteiger partial charge in [0.2, 0.25) is 0 Å². The Hall–Kier alpha value is -1.06. The summed E-state index contributed by atoms with van der Waals surface area (Å²) < 4.78 is 14.0. The summed E-state index contributed by atoms with van der Waals surface area (Å²) in [6.45, 7) is 1.99. The first-order chi connectivity index (χ1) is 10.0. The molecule has 0 spiro atoms. The summed E-state index contributed by atoms with van der Waals surface area (Å²) in [4.78, 5) is 0. The van der Waals surface area contributed by atoms with Crippen LogP contribution in [0, 0.1) is 12.7 Å². The molecule has 3 rings (SSSR count). The second-order valence-corrected chi connectivity index (χ2v) is 6.90. The van der Waals surface area contributed by atoms with Crippen LogP contribution < -0.4 is 5.32 Å². The first kappa shape index (κ1) is 14.9. The Balaban J connectivity index is 1.62. The lowest BCUT2D eigenvalue weighted by molar-refractivity contribution is 0.374. The molecule has 0 bridgehead atoms. The molecule has 0 unspecified atom stereocenters. The van der Waals surface area contributed by atoms with Gasteiger partial charge >= 0.3 is 0 Å². The van der Waals surface area contributed by atoms with E-state index in [-0.39, 0.29) is 5.82 Å². The van der Waals surface area contributed by atoms with Crippen molar-refractivity contribution in [3.05, 3.63) is 62.8 Å². The molecule has 0 aromatic heterocycles. The van der Waals surface area contributed by atoms with E-state index in [2.05, 4.69) is 21.2 Å². The van der Waals surface area contributed by atoms with Gasteiger partial charge in [0.05, 0.1) is 5.69 Å². The van der Waals surface area contributed by atoms with Crippen LogP contribution in [0.2, 0.25) is 5.02 Å². The summed E-state index contributed by atoms with van der Waals surface area (Å²) in [7, 11) is 0. The van der Waals surface area contributed by atoms with Crippen LogP contribution in [0.25, 0.3) is 0 Å². The van der Waals surface area contributed by atoms with Gasteiger partial charge in [-0.05, 0) is 77.0 Å². The number of halogens is 3. The summed E-state index contributed by atoms with van der Waals surface area (Å²) in [5.74, 6) is 0.341. The average Bonchev–Trinajstić information content (AvgIpc) is 2.40. The van der Waals surface area contributed by atoms with Crippen molar-refractivity contribution in [1.82, 2.24) is 0 Å². The summed E-state index contributed by atoms with van der Waals surface area (Å²) in [6.07, 6.45) is 2.12. The molecule has 2 aromatic rings. The number of hydrogen-bond acceptors (Lipinski definition) is 1. The third-order valence-corrected chi connectivity index (χ3v) is 5.15. The Kier molecular flexibility index (Phi) is 4.23. The second-order valence-electron chi connectivity index (χ2n) is 5.64. The molecule has 1 N–H and O–H groups in total. The van der Waals surface area contributed by atoms with Crippen LogP contribution in [0.15, 0.2) is 40.9 Å². The molecule has 0 aliphatic heterocycles. The van der Waals surface area contributed by atoms with Gasteiger partial charge < -0.3 is 5.32 Å². The molecule has 4 heteroatoms. The zero-order valence-corrected chi connectivity index (χ0v) is 14.0. The van der Waals surface area contributed by atoms with Gasteiger partial charge in [0.15, 0.2) is 0 Å². The van der Waals surface area contributed by atoms with Crippen molar-refractivity contribution in [3.63, 3.8) is 0 Å². The number of rotatable bonds is 3. The third-order valence-electron chi connectivity index (χ3n) is 4.09. The zero-order valence-electron chi connectivity index (χ0n) is 11.7. The van der Waals surface area contributed by atoms with E-state index < -0.39 is 0 Å².